The first-order chi connectivity index (χ1) is 11.4. The van der Waals surface area contributed by atoms with Gasteiger partial charge in [-0.1, -0.05) is 17.3 Å². The van der Waals surface area contributed by atoms with E-state index in [1.165, 1.54) is 9.80 Å². The summed E-state index contributed by atoms with van der Waals surface area (Å²) in [6, 6.07) is 8.63. The number of rotatable bonds is 6. The molecule has 1 heterocycles. The molecule has 1 aromatic heterocycles. The van der Waals surface area contributed by atoms with Crippen LogP contribution < -0.4 is 4.74 Å². The van der Waals surface area contributed by atoms with Crippen LogP contribution in [0.15, 0.2) is 34.9 Å². The number of benzene rings is 1. The summed E-state index contributed by atoms with van der Waals surface area (Å²) >= 11 is 0. The number of para-hydroxylation sites is 1. The summed E-state index contributed by atoms with van der Waals surface area (Å²) in [5, 5.41) is 3.88. The largest absolute Gasteiger partial charge is 0.483 e. The minimum Gasteiger partial charge on any atom is -0.483 e. The SMILES string of the molecule is Cc1cc(CN(C)C(=O)c2ccccc2OCC(=O)N(C)C)no1. The van der Waals surface area contributed by atoms with E-state index in [2.05, 4.69) is 5.16 Å². The van der Waals surface area contributed by atoms with Gasteiger partial charge in [0.2, 0.25) is 0 Å². The number of amides is 2. The highest BCUT2D eigenvalue weighted by molar-refractivity contribution is 5.96. The van der Waals surface area contributed by atoms with Gasteiger partial charge in [-0.3, -0.25) is 9.59 Å². The molecule has 0 saturated heterocycles. The molecule has 0 atom stereocenters. The molecule has 0 spiro atoms. The zero-order chi connectivity index (χ0) is 17.7. The third-order valence-electron chi connectivity index (χ3n) is 3.39. The number of hydrogen-bond acceptors (Lipinski definition) is 5. The molecule has 24 heavy (non-hydrogen) atoms. The number of carbonyl (C=O) groups excluding carboxylic acids is 2. The van der Waals surface area contributed by atoms with Gasteiger partial charge in [0.15, 0.2) is 6.61 Å². The molecule has 0 saturated carbocycles. The quantitative estimate of drug-likeness (QED) is 0.805. The minimum absolute atomic E-state index is 0.122. The average molecular weight is 331 g/mol. The van der Waals surface area contributed by atoms with Crippen LogP contribution in [-0.4, -0.2) is 54.5 Å². The summed E-state index contributed by atoms with van der Waals surface area (Å²) in [7, 11) is 4.97. The highest BCUT2D eigenvalue weighted by atomic mass is 16.5. The van der Waals surface area contributed by atoms with E-state index in [0.717, 1.165) is 0 Å². The number of hydrogen-bond donors (Lipinski definition) is 0. The van der Waals surface area contributed by atoms with E-state index in [0.29, 0.717) is 29.3 Å². The van der Waals surface area contributed by atoms with Gasteiger partial charge in [-0.2, -0.15) is 0 Å². The van der Waals surface area contributed by atoms with Crippen molar-refractivity contribution in [2.75, 3.05) is 27.7 Å². The smallest absolute Gasteiger partial charge is 0.259 e. The Morgan fingerprint density at radius 3 is 2.54 bits per heavy atom. The summed E-state index contributed by atoms with van der Waals surface area (Å²) in [5.41, 5.74) is 1.07. The predicted octanol–water partition coefficient (Wildman–Crippen LogP) is 1.72. The Bertz CT molecular complexity index is 724. The fourth-order valence-corrected chi connectivity index (χ4v) is 2.05. The van der Waals surface area contributed by atoms with Crippen molar-refractivity contribution in [1.29, 1.82) is 0 Å². The molecule has 0 fully saturated rings. The number of ether oxygens (including phenoxy) is 1. The Morgan fingerprint density at radius 2 is 1.92 bits per heavy atom. The van der Waals surface area contributed by atoms with Gasteiger partial charge >= 0.3 is 0 Å². The molecule has 0 N–H and O–H groups in total. The van der Waals surface area contributed by atoms with Crippen molar-refractivity contribution in [3.8, 4) is 5.75 Å². The molecule has 2 aromatic rings. The van der Waals surface area contributed by atoms with Crippen molar-refractivity contribution < 1.29 is 18.8 Å². The van der Waals surface area contributed by atoms with E-state index >= 15 is 0 Å². The van der Waals surface area contributed by atoms with E-state index in [9.17, 15) is 9.59 Å². The molecule has 2 rings (SSSR count). The fraction of sp³-hybridized carbons (Fsp3) is 0.353. The van der Waals surface area contributed by atoms with E-state index in [4.69, 9.17) is 9.26 Å². The lowest BCUT2D eigenvalue weighted by atomic mass is 10.1. The van der Waals surface area contributed by atoms with Crippen LogP contribution in [-0.2, 0) is 11.3 Å². The summed E-state index contributed by atoms with van der Waals surface area (Å²) < 4.78 is 10.5. The minimum atomic E-state index is -0.219. The van der Waals surface area contributed by atoms with Crippen LogP contribution in [0.1, 0.15) is 21.8 Å². The molecule has 1 aromatic carbocycles. The van der Waals surface area contributed by atoms with Crippen molar-refractivity contribution in [3.05, 3.63) is 47.3 Å². The summed E-state index contributed by atoms with van der Waals surface area (Å²) in [6.07, 6.45) is 0. The molecule has 0 radical (unpaired) electrons. The molecule has 128 valence electrons. The second kappa shape index (κ2) is 7.63. The van der Waals surface area contributed by atoms with Crippen molar-refractivity contribution in [3.63, 3.8) is 0 Å². The number of nitrogens with zero attached hydrogens (tertiary/aromatic N) is 3. The van der Waals surface area contributed by atoms with Gasteiger partial charge in [0.25, 0.3) is 11.8 Å². The maximum Gasteiger partial charge on any atom is 0.259 e. The second-order valence-electron chi connectivity index (χ2n) is 5.66. The maximum atomic E-state index is 12.6. The topological polar surface area (TPSA) is 75.9 Å². The lowest BCUT2D eigenvalue weighted by Crippen LogP contribution is -2.29. The van der Waals surface area contributed by atoms with Crippen molar-refractivity contribution in [1.82, 2.24) is 15.0 Å². The molecular formula is C17H21N3O4. The van der Waals surface area contributed by atoms with E-state index < -0.39 is 0 Å². The zero-order valence-electron chi connectivity index (χ0n) is 14.3. The van der Waals surface area contributed by atoms with Gasteiger partial charge in [0, 0.05) is 27.2 Å². The Morgan fingerprint density at radius 1 is 1.21 bits per heavy atom. The van der Waals surface area contributed by atoms with E-state index in [1.54, 1.807) is 58.4 Å². The Kier molecular flexibility index (Phi) is 5.57. The highest BCUT2D eigenvalue weighted by Crippen LogP contribution is 2.20. The van der Waals surface area contributed by atoms with Crippen LogP contribution in [0.5, 0.6) is 5.75 Å². The van der Waals surface area contributed by atoms with E-state index in [-0.39, 0.29) is 18.4 Å². The Balaban J connectivity index is 2.09. The fourth-order valence-electron chi connectivity index (χ4n) is 2.05. The first kappa shape index (κ1) is 17.5. The number of aryl methyl sites for hydroxylation is 1. The number of aromatic nitrogens is 1. The number of likely N-dealkylation sites (N-methyl/N-ethyl adjacent to an activating group) is 1. The van der Waals surface area contributed by atoms with Crippen LogP contribution in [0.25, 0.3) is 0 Å². The first-order valence-electron chi connectivity index (χ1n) is 7.48. The van der Waals surface area contributed by atoms with Crippen molar-refractivity contribution in [2.24, 2.45) is 0 Å². The number of carbonyl (C=O) groups is 2. The van der Waals surface area contributed by atoms with Gasteiger partial charge in [-0.25, -0.2) is 0 Å². The van der Waals surface area contributed by atoms with Crippen molar-refractivity contribution >= 4 is 11.8 Å². The summed E-state index contributed by atoms with van der Waals surface area (Å²) in [4.78, 5) is 27.3. The molecule has 7 nitrogen and oxygen atoms in total. The van der Waals surface area contributed by atoms with Gasteiger partial charge in [-0.15, -0.1) is 0 Å². The molecule has 0 aliphatic heterocycles. The normalized spacial score (nSPS) is 10.3. The monoisotopic (exact) mass is 331 g/mol. The van der Waals surface area contributed by atoms with Crippen LogP contribution in [0, 0.1) is 6.92 Å². The molecule has 0 bridgehead atoms. The molecule has 7 heteroatoms. The Labute approximate surface area is 140 Å². The third kappa shape index (κ3) is 4.34. The van der Waals surface area contributed by atoms with Crippen LogP contribution in [0.2, 0.25) is 0 Å². The molecular weight excluding hydrogens is 310 g/mol. The van der Waals surface area contributed by atoms with Gasteiger partial charge in [0.05, 0.1) is 12.1 Å². The third-order valence-corrected chi connectivity index (χ3v) is 3.39. The standard InChI is InChI=1S/C17H21N3O4/c1-12-9-13(18-24-12)10-20(4)17(22)14-7-5-6-8-15(14)23-11-16(21)19(2)3/h5-9H,10-11H2,1-4H3. The summed E-state index contributed by atoms with van der Waals surface area (Å²) in [5.74, 6) is 0.671. The van der Waals surface area contributed by atoms with Crippen LogP contribution in [0.3, 0.4) is 0 Å². The summed E-state index contributed by atoms with van der Waals surface area (Å²) in [6.45, 7) is 1.99. The van der Waals surface area contributed by atoms with Crippen LogP contribution >= 0.6 is 0 Å². The zero-order valence-corrected chi connectivity index (χ0v) is 14.3. The molecule has 0 aliphatic rings. The Hall–Kier alpha value is -2.83. The van der Waals surface area contributed by atoms with Crippen molar-refractivity contribution in [2.45, 2.75) is 13.5 Å². The first-order valence-corrected chi connectivity index (χ1v) is 7.48. The molecule has 0 aliphatic carbocycles. The van der Waals surface area contributed by atoms with Gasteiger partial charge in [-0.05, 0) is 19.1 Å². The lowest BCUT2D eigenvalue weighted by Gasteiger charge is -2.18. The van der Waals surface area contributed by atoms with Gasteiger partial charge in [0.1, 0.15) is 17.2 Å². The second-order valence-corrected chi connectivity index (χ2v) is 5.66. The average Bonchev–Trinajstić information content (AvgIpc) is 2.96. The predicted molar refractivity (Wildman–Crippen MR) is 87.7 cm³/mol. The van der Waals surface area contributed by atoms with Crippen LogP contribution in [0.4, 0.5) is 0 Å². The lowest BCUT2D eigenvalue weighted by molar-refractivity contribution is -0.130. The maximum absolute atomic E-state index is 12.6. The molecule has 0 unspecified atom stereocenters. The van der Waals surface area contributed by atoms with Gasteiger partial charge < -0.3 is 19.1 Å². The van der Waals surface area contributed by atoms with E-state index in [1.807, 2.05) is 0 Å². The highest BCUT2D eigenvalue weighted by Gasteiger charge is 2.18. The molecule has 2 amide bonds.